The third-order valence-corrected chi connectivity index (χ3v) is 3.40. The molecule has 1 atom stereocenters. The van der Waals surface area contributed by atoms with E-state index in [0.29, 0.717) is 6.07 Å². The van der Waals surface area contributed by atoms with Crippen molar-refractivity contribution in [2.75, 3.05) is 0 Å². The van der Waals surface area contributed by atoms with Crippen LogP contribution in [0.5, 0.6) is 0 Å². The van der Waals surface area contributed by atoms with Crippen LogP contribution < -0.4 is 5.32 Å². The van der Waals surface area contributed by atoms with Crippen molar-refractivity contribution in [2.45, 2.75) is 12.5 Å². The van der Waals surface area contributed by atoms with Crippen LogP contribution in [0.3, 0.4) is 0 Å². The number of nitrogens with one attached hydrogen (secondary N) is 1. The van der Waals surface area contributed by atoms with E-state index in [1.54, 1.807) is 0 Å². The molecule has 0 radical (unpaired) electrons. The van der Waals surface area contributed by atoms with E-state index in [0.717, 1.165) is 12.1 Å². The summed E-state index contributed by atoms with van der Waals surface area (Å²) < 4.78 is 26.1. The van der Waals surface area contributed by atoms with Gasteiger partial charge in [-0.2, -0.15) is 0 Å². The Bertz CT molecular complexity index is 841. The largest absolute Gasteiger partial charge is 0.480 e. The van der Waals surface area contributed by atoms with Gasteiger partial charge in [0, 0.05) is 23.6 Å². The van der Waals surface area contributed by atoms with E-state index >= 15 is 0 Å². The molecule has 0 spiro atoms. The van der Waals surface area contributed by atoms with Crippen LogP contribution in [0.15, 0.2) is 42.5 Å². The number of hydrogen-bond donors (Lipinski definition) is 2. The normalized spacial score (nSPS) is 11.6. The molecule has 2 aromatic rings. The molecule has 0 aliphatic heterocycles. The Morgan fingerprint density at radius 2 is 1.84 bits per heavy atom. The van der Waals surface area contributed by atoms with Gasteiger partial charge in [-0.25, -0.2) is 13.6 Å². The first-order valence-electron chi connectivity index (χ1n) is 7.00. The average Bonchev–Trinajstić information content (AvgIpc) is 2.56. The van der Waals surface area contributed by atoms with Crippen molar-refractivity contribution in [3.8, 4) is 0 Å². The molecule has 2 aromatic carbocycles. The molecule has 25 heavy (non-hydrogen) atoms. The van der Waals surface area contributed by atoms with E-state index < -0.39 is 34.5 Å². The highest BCUT2D eigenvalue weighted by molar-refractivity contribution is 5.96. The summed E-state index contributed by atoms with van der Waals surface area (Å²) in [4.78, 5) is 33.7. The average molecular weight is 350 g/mol. The van der Waals surface area contributed by atoms with E-state index in [9.17, 15) is 33.6 Å². The molecule has 0 bridgehead atoms. The van der Waals surface area contributed by atoms with Gasteiger partial charge in [0.25, 0.3) is 11.6 Å². The molecule has 0 aromatic heterocycles. The number of hydrogen-bond acceptors (Lipinski definition) is 4. The molecule has 0 heterocycles. The zero-order valence-electron chi connectivity index (χ0n) is 12.6. The SMILES string of the molecule is O=C(N[C@@H](Cc1ccccc1[N+](=O)[O-])C(=O)O)c1ccc(F)c(F)c1. The first-order valence-corrected chi connectivity index (χ1v) is 7.00. The number of carbonyl (C=O) groups is 2. The summed E-state index contributed by atoms with van der Waals surface area (Å²) in [5.74, 6) is -4.76. The predicted octanol–water partition coefficient (Wildman–Crippen LogP) is 2.30. The van der Waals surface area contributed by atoms with Crippen molar-refractivity contribution in [3.63, 3.8) is 0 Å². The van der Waals surface area contributed by atoms with Gasteiger partial charge in [-0.05, 0) is 18.2 Å². The van der Waals surface area contributed by atoms with Crippen molar-refractivity contribution in [1.82, 2.24) is 5.32 Å². The third-order valence-electron chi connectivity index (χ3n) is 3.40. The van der Waals surface area contributed by atoms with Gasteiger partial charge >= 0.3 is 5.97 Å². The van der Waals surface area contributed by atoms with Crippen LogP contribution in [0.2, 0.25) is 0 Å². The Kier molecular flexibility index (Phi) is 5.38. The van der Waals surface area contributed by atoms with Crippen molar-refractivity contribution < 1.29 is 28.4 Å². The molecule has 0 aliphatic rings. The minimum Gasteiger partial charge on any atom is -0.480 e. The second-order valence-electron chi connectivity index (χ2n) is 5.08. The standard InChI is InChI=1S/C16H12F2N2O5/c17-11-6-5-10(7-12(11)18)15(21)19-13(16(22)23)8-9-3-1-2-4-14(9)20(24)25/h1-7,13H,8H2,(H,19,21)(H,22,23)/t13-/m0/s1. The number of nitro groups is 1. The second-order valence-corrected chi connectivity index (χ2v) is 5.08. The fourth-order valence-electron chi connectivity index (χ4n) is 2.16. The van der Waals surface area contributed by atoms with Gasteiger partial charge in [-0.1, -0.05) is 18.2 Å². The van der Waals surface area contributed by atoms with Gasteiger partial charge in [-0.15, -0.1) is 0 Å². The molecule has 0 aliphatic carbocycles. The second kappa shape index (κ2) is 7.47. The fourth-order valence-corrected chi connectivity index (χ4v) is 2.16. The highest BCUT2D eigenvalue weighted by atomic mass is 19.2. The zero-order chi connectivity index (χ0) is 18.6. The zero-order valence-corrected chi connectivity index (χ0v) is 12.6. The van der Waals surface area contributed by atoms with Crippen molar-refractivity contribution in [1.29, 1.82) is 0 Å². The predicted molar refractivity (Wildman–Crippen MR) is 82.0 cm³/mol. The molecular formula is C16H12F2N2O5. The van der Waals surface area contributed by atoms with E-state index in [2.05, 4.69) is 5.32 Å². The van der Waals surface area contributed by atoms with Crippen molar-refractivity contribution in [2.24, 2.45) is 0 Å². The monoisotopic (exact) mass is 350 g/mol. The number of halogens is 2. The number of carboxylic acids is 1. The summed E-state index contributed by atoms with van der Waals surface area (Å²) in [5.41, 5.74) is -0.436. The summed E-state index contributed by atoms with van der Waals surface area (Å²) >= 11 is 0. The quantitative estimate of drug-likeness (QED) is 0.614. The Hall–Kier alpha value is -3.36. The molecule has 1 amide bonds. The highest BCUT2D eigenvalue weighted by Crippen LogP contribution is 2.19. The Labute approximate surface area is 140 Å². The highest BCUT2D eigenvalue weighted by Gasteiger charge is 2.25. The summed E-state index contributed by atoms with van der Waals surface area (Å²) in [6.45, 7) is 0. The molecule has 7 nitrogen and oxygen atoms in total. The van der Waals surface area contributed by atoms with Gasteiger partial charge < -0.3 is 10.4 Å². The first-order chi connectivity index (χ1) is 11.8. The minimum atomic E-state index is -1.48. The lowest BCUT2D eigenvalue weighted by Crippen LogP contribution is -2.42. The molecule has 0 unspecified atom stereocenters. The summed E-state index contributed by atoms with van der Waals surface area (Å²) in [7, 11) is 0. The van der Waals surface area contributed by atoms with Gasteiger partial charge in [-0.3, -0.25) is 14.9 Å². The maximum absolute atomic E-state index is 13.2. The molecule has 0 saturated carbocycles. The molecule has 2 rings (SSSR count). The summed E-state index contributed by atoms with van der Waals surface area (Å²) in [5, 5.41) is 22.4. The Balaban J connectivity index is 2.22. The molecule has 0 fully saturated rings. The number of para-hydroxylation sites is 1. The Morgan fingerprint density at radius 3 is 2.44 bits per heavy atom. The summed E-state index contributed by atoms with van der Waals surface area (Å²) in [6.07, 6.45) is -0.345. The third kappa shape index (κ3) is 4.34. The molecule has 9 heteroatoms. The van der Waals surface area contributed by atoms with Gasteiger partial charge in [0.15, 0.2) is 11.6 Å². The molecule has 130 valence electrons. The molecular weight excluding hydrogens is 338 g/mol. The number of nitrogens with zero attached hydrogens (tertiary/aromatic N) is 1. The van der Waals surface area contributed by atoms with Crippen molar-refractivity contribution >= 4 is 17.6 Å². The number of rotatable bonds is 6. The maximum Gasteiger partial charge on any atom is 0.326 e. The summed E-state index contributed by atoms with van der Waals surface area (Å²) in [6, 6.07) is 6.40. The van der Waals surface area contributed by atoms with E-state index in [-0.39, 0.29) is 23.2 Å². The number of aliphatic carboxylic acids is 1. The number of carboxylic acid groups (broad SMARTS) is 1. The fraction of sp³-hybridized carbons (Fsp3) is 0.125. The first kappa shape index (κ1) is 18.0. The van der Waals surface area contributed by atoms with Crippen LogP contribution in [-0.4, -0.2) is 27.9 Å². The van der Waals surface area contributed by atoms with Crippen LogP contribution >= 0.6 is 0 Å². The Morgan fingerprint density at radius 1 is 1.16 bits per heavy atom. The van der Waals surface area contributed by atoms with Gasteiger partial charge in [0.05, 0.1) is 4.92 Å². The maximum atomic E-state index is 13.2. The number of benzene rings is 2. The van der Waals surface area contributed by atoms with Gasteiger partial charge in [0.2, 0.25) is 0 Å². The topological polar surface area (TPSA) is 110 Å². The van der Waals surface area contributed by atoms with Crippen LogP contribution in [0.4, 0.5) is 14.5 Å². The molecule has 0 saturated heterocycles. The van der Waals surface area contributed by atoms with Gasteiger partial charge in [0.1, 0.15) is 6.04 Å². The van der Waals surface area contributed by atoms with Crippen LogP contribution in [0.25, 0.3) is 0 Å². The lowest BCUT2D eigenvalue weighted by molar-refractivity contribution is -0.385. The van der Waals surface area contributed by atoms with Crippen LogP contribution in [0, 0.1) is 21.7 Å². The number of carbonyl (C=O) groups excluding carboxylic acids is 1. The van der Waals surface area contributed by atoms with E-state index in [4.69, 9.17) is 0 Å². The number of amides is 1. The number of nitro benzene ring substituents is 1. The van der Waals surface area contributed by atoms with E-state index in [1.807, 2.05) is 0 Å². The molecule has 2 N–H and O–H groups in total. The smallest absolute Gasteiger partial charge is 0.326 e. The minimum absolute atomic E-state index is 0.116. The lowest BCUT2D eigenvalue weighted by atomic mass is 10.0. The van der Waals surface area contributed by atoms with E-state index in [1.165, 1.54) is 24.3 Å². The lowest BCUT2D eigenvalue weighted by Gasteiger charge is -2.15. The van der Waals surface area contributed by atoms with Crippen LogP contribution in [-0.2, 0) is 11.2 Å². The van der Waals surface area contributed by atoms with Crippen molar-refractivity contribution in [3.05, 3.63) is 75.3 Å². The van der Waals surface area contributed by atoms with Crippen LogP contribution in [0.1, 0.15) is 15.9 Å².